The van der Waals surface area contributed by atoms with Crippen LogP contribution in [0.1, 0.15) is 12.0 Å². The number of carbonyl (C=O) groups is 1. The molecule has 4 heteroatoms. The lowest BCUT2D eigenvalue weighted by Crippen LogP contribution is -2.50. The number of hydrogen-bond acceptors (Lipinski definition) is 3. The maximum atomic E-state index is 12.4. The topological polar surface area (TPSA) is 35.6 Å². The van der Waals surface area contributed by atoms with Crippen molar-refractivity contribution in [3.05, 3.63) is 42.0 Å². The Bertz CT molecular complexity index is 500. The van der Waals surface area contributed by atoms with Gasteiger partial charge in [0.1, 0.15) is 0 Å². The molecule has 0 spiro atoms. The van der Waals surface area contributed by atoms with Gasteiger partial charge in [-0.25, -0.2) is 0 Å². The van der Waals surface area contributed by atoms with Crippen LogP contribution >= 0.6 is 0 Å². The maximum absolute atomic E-state index is 12.4. The molecule has 2 aliphatic rings. The Morgan fingerprint density at radius 1 is 1.18 bits per heavy atom. The van der Waals surface area contributed by atoms with Crippen molar-refractivity contribution in [1.29, 1.82) is 0 Å². The van der Waals surface area contributed by atoms with Crippen molar-refractivity contribution in [2.45, 2.75) is 6.42 Å². The molecule has 1 aromatic carbocycles. The summed E-state index contributed by atoms with van der Waals surface area (Å²) < 4.78 is 0. The molecule has 118 valence electrons. The standard InChI is InChI=1S/C18H25N3O/c22-18(17-8-9-19-15-17)21-13-11-20(12-14-21)10-4-7-16-5-2-1-3-6-16/h1-7,17,19H,8-15H2. The summed E-state index contributed by atoms with van der Waals surface area (Å²) in [5, 5.41) is 3.28. The first-order chi connectivity index (χ1) is 10.8. The summed E-state index contributed by atoms with van der Waals surface area (Å²) in [5.41, 5.74) is 1.24. The van der Waals surface area contributed by atoms with E-state index < -0.39 is 0 Å². The molecule has 1 aromatic rings. The van der Waals surface area contributed by atoms with Crippen LogP contribution in [0.4, 0.5) is 0 Å². The third kappa shape index (κ3) is 3.96. The summed E-state index contributed by atoms with van der Waals surface area (Å²) in [4.78, 5) is 16.8. The van der Waals surface area contributed by atoms with Crippen LogP contribution in [-0.2, 0) is 4.79 Å². The van der Waals surface area contributed by atoms with E-state index >= 15 is 0 Å². The average molecular weight is 299 g/mol. The van der Waals surface area contributed by atoms with Crippen LogP contribution in [0.3, 0.4) is 0 Å². The van der Waals surface area contributed by atoms with Gasteiger partial charge in [0, 0.05) is 39.3 Å². The number of amides is 1. The van der Waals surface area contributed by atoms with Crippen LogP contribution < -0.4 is 5.32 Å². The van der Waals surface area contributed by atoms with E-state index in [9.17, 15) is 4.79 Å². The molecule has 2 saturated heterocycles. The van der Waals surface area contributed by atoms with Crippen LogP contribution in [0.5, 0.6) is 0 Å². The number of hydrogen-bond donors (Lipinski definition) is 1. The second kappa shape index (κ2) is 7.56. The van der Waals surface area contributed by atoms with Crippen LogP contribution in [-0.4, -0.2) is 61.5 Å². The predicted octanol–water partition coefficient (Wildman–Crippen LogP) is 1.45. The van der Waals surface area contributed by atoms with E-state index in [1.165, 1.54) is 5.56 Å². The highest BCUT2D eigenvalue weighted by Crippen LogP contribution is 2.13. The van der Waals surface area contributed by atoms with E-state index in [0.29, 0.717) is 5.91 Å². The van der Waals surface area contributed by atoms with Gasteiger partial charge in [-0.3, -0.25) is 9.69 Å². The fourth-order valence-corrected chi connectivity index (χ4v) is 3.18. The highest BCUT2D eigenvalue weighted by molar-refractivity contribution is 5.79. The number of carbonyl (C=O) groups excluding carboxylic acids is 1. The van der Waals surface area contributed by atoms with Crippen LogP contribution in [0.2, 0.25) is 0 Å². The fourth-order valence-electron chi connectivity index (χ4n) is 3.18. The third-order valence-corrected chi connectivity index (χ3v) is 4.57. The van der Waals surface area contributed by atoms with E-state index in [4.69, 9.17) is 0 Å². The minimum absolute atomic E-state index is 0.213. The van der Waals surface area contributed by atoms with Crippen LogP contribution in [0.25, 0.3) is 6.08 Å². The predicted molar refractivity (Wildman–Crippen MR) is 89.5 cm³/mol. The Kier molecular flexibility index (Phi) is 5.24. The van der Waals surface area contributed by atoms with E-state index in [1.807, 2.05) is 6.07 Å². The molecule has 1 unspecified atom stereocenters. The lowest BCUT2D eigenvalue weighted by atomic mass is 10.1. The average Bonchev–Trinajstić information content (AvgIpc) is 3.10. The molecular formula is C18H25N3O. The normalized spacial score (nSPS) is 23.3. The molecular weight excluding hydrogens is 274 g/mol. The van der Waals surface area contributed by atoms with Crippen molar-refractivity contribution in [3.8, 4) is 0 Å². The summed E-state index contributed by atoms with van der Waals surface area (Å²) >= 11 is 0. The molecule has 2 aliphatic heterocycles. The summed E-state index contributed by atoms with van der Waals surface area (Å²) in [5.74, 6) is 0.564. The highest BCUT2D eigenvalue weighted by Gasteiger charge is 2.28. The van der Waals surface area contributed by atoms with Crippen molar-refractivity contribution in [2.75, 3.05) is 45.8 Å². The highest BCUT2D eigenvalue weighted by atomic mass is 16.2. The molecule has 22 heavy (non-hydrogen) atoms. The molecule has 0 aliphatic carbocycles. The number of rotatable bonds is 4. The monoisotopic (exact) mass is 299 g/mol. The Hall–Kier alpha value is -1.65. The van der Waals surface area contributed by atoms with E-state index in [-0.39, 0.29) is 5.92 Å². The minimum atomic E-state index is 0.213. The van der Waals surface area contributed by atoms with Gasteiger partial charge in [0.25, 0.3) is 0 Å². The molecule has 2 fully saturated rings. The van der Waals surface area contributed by atoms with Crippen LogP contribution in [0.15, 0.2) is 36.4 Å². The Balaban J connectivity index is 1.42. The van der Waals surface area contributed by atoms with Gasteiger partial charge in [0.2, 0.25) is 5.91 Å². The molecule has 2 heterocycles. The first kappa shape index (κ1) is 15.3. The molecule has 1 N–H and O–H groups in total. The zero-order valence-corrected chi connectivity index (χ0v) is 13.1. The van der Waals surface area contributed by atoms with Crippen molar-refractivity contribution >= 4 is 12.0 Å². The summed E-state index contributed by atoms with van der Waals surface area (Å²) in [6, 6.07) is 10.4. The lowest BCUT2D eigenvalue weighted by Gasteiger charge is -2.35. The Morgan fingerprint density at radius 2 is 1.95 bits per heavy atom. The van der Waals surface area contributed by atoms with Gasteiger partial charge in [-0.05, 0) is 18.5 Å². The summed E-state index contributed by atoms with van der Waals surface area (Å²) in [6.07, 6.45) is 5.38. The smallest absolute Gasteiger partial charge is 0.227 e. The van der Waals surface area contributed by atoms with Gasteiger partial charge in [-0.1, -0.05) is 42.5 Å². The summed E-state index contributed by atoms with van der Waals surface area (Å²) in [7, 11) is 0. The van der Waals surface area contributed by atoms with Gasteiger partial charge >= 0.3 is 0 Å². The minimum Gasteiger partial charge on any atom is -0.340 e. The molecule has 1 amide bonds. The van der Waals surface area contributed by atoms with Crippen molar-refractivity contribution in [2.24, 2.45) is 5.92 Å². The first-order valence-corrected chi connectivity index (χ1v) is 8.26. The number of benzene rings is 1. The molecule has 3 rings (SSSR count). The number of piperazine rings is 1. The second-order valence-electron chi connectivity index (χ2n) is 6.13. The van der Waals surface area contributed by atoms with E-state index in [2.05, 4.69) is 51.5 Å². The molecule has 4 nitrogen and oxygen atoms in total. The number of nitrogens with one attached hydrogen (secondary N) is 1. The first-order valence-electron chi connectivity index (χ1n) is 8.26. The van der Waals surface area contributed by atoms with Gasteiger partial charge in [0.15, 0.2) is 0 Å². The maximum Gasteiger partial charge on any atom is 0.227 e. The van der Waals surface area contributed by atoms with Gasteiger partial charge in [0.05, 0.1) is 5.92 Å². The number of nitrogens with zero attached hydrogens (tertiary/aromatic N) is 2. The Labute approximate surface area is 132 Å². The van der Waals surface area contributed by atoms with Crippen molar-refractivity contribution in [1.82, 2.24) is 15.1 Å². The zero-order valence-electron chi connectivity index (χ0n) is 13.1. The fraction of sp³-hybridized carbons (Fsp3) is 0.500. The molecule has 0 radical (unpaired) electrons. The molecule has 0 bridgehead atoms. The largest absolute Gasteiger partial charge is 0.340 e. The van der Waals surface area contributed by atoms with Crippen LogP contribution in [0, 0.1) is 5.92 Å². The molecule has 0 aromatic heterocycles. The van der Waals surface area contributed by atoms with Crippen molar-refractivity contribution in [3.63, 3.8) is 0 Å². The third-order valence-electron chi connectivity index (χ3n) is 4.57. The molecule has 1 atom stereocenters. The van der Waals surface area contributed by atoms with Gasteiger partial charge < -0.3 is 10.2 Å². The zero-order chi connectivity index (χ0) is 15.2. The van der Waals surface area contributed by atoms with Crippen molar-refractivity contribution < 1.29 is 4.79 Å². The SMILES string of the molecule is O=C(C1CCNC1)N1CCN(CC=Cc2ccccc2)CC1. The lowest BCUT2D eigenvalue weighted by molar-refractivity contribution is -0.136. The quantitative estimate of drug-likeness (QED) is 0.914. The van der Waals surface area contributed by atoms with E-state index in [1.54, 1.807) is 0 Å². The van der Waals surface area contributed by atoms with Gasteiger partial charge in [-0.15, -0.1) is 0 Å². The second-order valence-corrected chi connectivity index (χ2v) is 6.13. The Morgan fingerprint density at radius 3 is 2.64 bits per heavy atom. The molecule has 0 saturated carbocycles. The van der Waals surface area contributed by atoms with E-state index in [0.717, 1.165) is 52.2 Å². The summed E-state index contributed by atoms with van der Waals surface area (Å²) in [6.45, 7) is 6.50. The van der Waals surface area contributed by atoms with Gasteiger partial charge in [-0.2, -0.15) is 0 Å².